The summed E-state index contributed by atoms with van der Waals surface area (Å²) in [5.74, 6) is -0.513. The standard InChI is InChI=1S/C11H13ClN2O5/c12-10-2-1-8(14(17)18)7-9(10)11(16)13-3-5-19-6-4-15/h1-2,7,15H,3-6H2,(H,13,16). The van der Waals surface area contributed by atoms with Crippen LogP contribution in [0.15, 0.2) is 18.2 Å². The van der Waals surface area contributed by atoms with E-state index in [4.69, 9.17) is 21.4 Å². The number of carbonyl (C=O) groups excluding carboxylic acids is 1. The van der Waals surface area contributed by atoms with Gasteiger partial charge in [0.2, 0.25) is 0 Å². The van der Waals surface area contributed by atoms with Crippen LogP contribution in [0, 0.1) is 10.1 Å². The van der Waals surface area contributed by atoms with Crippen LogP contribution in [-0.4, -0.2) is 42.3 Å². The number of nitrogens with zero attached hydrogens (tertiary/aromatic N) is 1. The third-order valence-electron chi connectivity index (χ3n) is 2.17. The molecule has 2 N–H and O–H groups in total. The van der Waals surface area contributed by atoms with E-state index in [1.165, 1.54) is 12.1 Å². The second kappa shape index (κ2) is 7.67. The van der Waals surface area contributed by atoms with Crippen LogP contribution in [0.4, 0.5) is 5.69 Å². The molecule has 1 amide bonds. The minimum atomic E-state index is -0.600. The van der Waals surface area contributed by atoms with E-state index in [0.29, 0.717) is 0 Å². The number of hydrogen-bond acceptors (Lipinski definition) is 5. The van der Waals surface area contributed by atoms with Gasteiger partial charge in [0, 0.05) is 18.7 Å². The van der Waals surface area contributed by atoms with Crippen molar-refractivity contribution in [1.29, 1.82) is 0 Å². The Labute approximate surface area is 114 Å². The summed E-state index contributed by atoms with van der Waals surface area (Å²) in [5.41, 5.74) is -0.163. The summed E-state index contributed by atoms with van der Waals surface area (Å²) < 4.78 is 4.96. The molecule has 0 atom stereocenters. The zero-order valence-electron chi connectivity index (χ0n) is 9.97. The molecule has 8 heteroatoms. The molecule has 0 spiro atoms. The van der Waals surface area contributed by atoms with E-state index in [-0.39, 0.29) is 42.6 Å². The van der Waals surface area contributed by atoms with Crippen molar-refractivity contribution in [3.8, 4) is 0 Å². The quantitative estimate of drug-likeness (QED) is 0.442. The van der Waals surface area contributed by atoms with Crippen LogP contribution in [-0.2, 0) is 4.74 Å². The van der Waals surface area contributed by atoms with Gasteiger partial charge in [-0.25, -0.2) is 0 Å². The first-order chi connectivity index (χ1) is 9.06. The van der Waals surface area contributed by atoms with Crippen molar-refractivity contribution < 1.29 is 19.6 Å². The Balaban J connectivity index is 2.61. The molecule has 0 saturated carbocycles. The first-order valence-electron chi connectivity index (χ1n) is 5.47. The van der Waals surface area contributed by atoms with Crippen LogP contribution < -0.4 is 5.32 Å². The lowest BCUT2D eigenvalue weighted by molar-refractivity contribution is -0.384. The van der Waals surface area contributed by atoms with Crippen molar-refractivity contribution in [3.63, 3.8) is 0 Å². The van der Waals surface area contributed by atoms with E-state index < -0.39 is 10.8 Å². The van der Waals surface area contributed by atoms with Gasteiger partial charge in [-0.05, 0) is 6.07 Å². The zero-order valence-corrected chi connectivity index (χ0v) is 10.7. The Morgan fingerprint density at radius 2 is 2.21 bits per heavy atom. The second-order valence-corrected chi connectivity index (χ2v) is 3.92. The van der Waals surface area contributed by atoms with Gasteiger partial charge in [0.05, 0.1) is 35.3 Å². The number of benzene rings is 1. The second-order valence-electron chi connectivity index (χ2n) is 3.51. The fourth-order valence-electron chi connectivity index (χ4n) is 1.30. The molecule has 0 unspecified atom stereocenters. The van der Waals surface area contributed by atoms with Gasteiger partial charge in [-0.3, -0.25) is 14.9 Å². The summed E-state index contributed by atoms with van der Waals surface area (Å²) in [4.78, 5) is 21.8. The molecule has 0 aliphatic carbocycles. The van der Waals surface area contributed by atoms with Crippen LogP contribution >= 0.6 is 11.6 Å². The Kier molecular flexibility index (Phi) is 6.20. The van der Waals surface area contributed by atoms with Crippen molar-refractivity contribution in [1.82, 2.24) is 5.32 Å². The minimum Gasteiger partial charge on any atom is -0.394 e. The average molecular weight is 289 g/mol. The van der Waals surface area contributed by atoms with E-state index in [1.54, 1.807) is 0 Å². The number of carbonyl (C=O) groups is 1. The topological polar surface area (TPSA) is 102 Å². The highest BCUT2D eigenvalue weighted by Gasteiger charge is 2.15. The summed E-state index contributed by atoms with van der Waals surface area (Å²) in [5, 5.41) is 21.7. The van der Waals surface area contributed by atoms with Crippen molar-refractivity contribution >= 4 is 23.2 Å². The molecule has 0 bridgehead atoms. The molecule has 0 fully saturated rings. The number of aliphatic hydroxyl groups is 1. The molecule has 0 aliphatic heterocycles. The van der Waals surface area contributed by atoms with Crippen molar-refractivity contribution in [2.24, 2.45) is 0 Å². The highest BCUT2D eigenvalue weighted by molar-refractivity contribution is 6.33. The molecular weight excluding hydrogens is 276 g/mol. The predicted octanol–water partition coefficient (Wildman–Crippen LogP) is 0.987. The Bertz CT molecular complexity index is 466. The van der Waals surface area contributed by atoms with Crippen LogP contribution in [0.3, 0.4) is 0 Å². The molecule has 7 nitrogen and oxygen atoms in total. The first-order valence-corrected chi connectivity index (χ1v) is 5.84. The number of hydrogen-bond donors (Lipinski definition) is 2. The van der Waals surface area contributed by atoms with Gasteiger partial charge in [0.15, 0.2) is 0 Å². The van der Waals surface area contributed by atoms with Crippen LogP contribution in [0.25, 0.3) is 0 Å². The lowest BCUT2D eigenvalue weighted by Gasteiger charge is -2.07. The molecule has 1 aromatic rings. The smallest absolute Gasteiger partial charge is 0.270 e. The normalized spacial score (nSPS) is 10.2. The van der Waals surface area contributed by atoms with Crippen molar-refractivity contribution in [2.45, 2.75) is 0 Å². The fraction of sp³-hybridized carbons (Fsp3) is 0.364. The maximum absolute atomic E-state index is 11.7. The van der Waals surface area contributed by atoms with Crippen LogP contribution in [0.5, 0.6) is 0 Å². The number of nitrogens with one attached hydrogen (secondary N) is 1. The van der Waals surface area contributed by atoms with Gasteiger partial charge in [-0.2, -0.15) is 0 Å². The lowest BCUT2D eigenvalue weighted by Crippen LogP contribution is -2.27. The molecule has 19 heavy (non-hydrogen) atoms. The average Bonchev–Trinajstić information content (AvgIpc) is 2.38. The van der Waals surface area contributed by atoms with Crippen molar-refractivity contribution in [3.05, 3.63) is 38.9 Å². The van der Waals surface area contributed by atoms with Gasteiger partial charge < -0.3 is 15.2 Å². The Morgan fingerprint density at radius 1 is 1.47 bits per heavy atom. The first kappa shape index (κ1) is 15.4. The summed E-state index contributed by atoms with van der Waals surface area (Å²) in [6.45, 7) is 0.550. The zero-order chi connectivity index (χ0) is 14.3. The van der Waals surface area contributed by atoms with E-state index in [0.717, 1.165) is 6.07 Å². The lowest BCUT2D eigenvalue weighted by atomic mass is 10.2. The highest BCUT2D eigenvalue weighted by atomic mass is 35.5. The maximum atomic E-state index is 11.7. The minimum absolute atomic E-state index is 0.0398. The molecule has 0 saturated heterocycles. The number of aliphatic hydroxyl groups excluding tert-OH is 1. The number of non-ortho nitro benzene ring substituents is 1. The van der Waals surface area contributed by atoms with Gasteiger partial charge in [0.1, 0.15) is 0 Å². The predicted molar refractivity (Wildman–Crippen MR) is 68.3 cm³/mol. The largest absolute Gasteiger partial charge is 0.394 e. The molecule has 0 aromatic heterocycles. The maximum Gasteiger partial charge on any atom is 0.270 e. The number of nitro benzene ring substituents is 1. The number of nitro groups is 1. The molecule has 0 radical (unpaired) electrons. The summed E-state index contributed by atoms with van der Waals surface area (Å²) in [7, 11) is 0. The Morgan fingerprint density at radius 3 is 2.84 bits per heavy atom. The molecule has 104 valence electrons. The van der Waals surface area contributed by atoms with Gasteiger partial charge in [-0.15, -0.1) is 0 Å². The van der Waals surface area contributed by atoms with Gasteiger partial charge in [0.25, 0.3) is 11.6 Å². The van der Waals surface area contributed by atoms with Gasteiger partial charge in [-0.1, -0.05) is 11.6 Å². The molecule has 1 aromatic carbocycles. The summed E-state index contributed by atoms with van der Waals surface area (Å²) >= 11 is 5.81. The van der Waals surface area contributed by atoms with E-state index in [2.05, 4.69) is 5.32 Å². The number of rotatable bonds is 7. The number of ether oxygens (including phenoxy) is 1. The highest BCUT2D eigenvalue weighted by Crippen LogP contribution is 2.21. The number of amides is 1. The molecular formula is C11H13ClN2O5. The monoisotopic (exact) mass is 288 g/mol. The SMILES string of the molecule is O=C(NCCOCCO)c1cc([N+](=O)[O-])ccc1Cl. The third-order valence-corrected chi connectivity index (χ3v) is 2.50. The summed E-state index contributed by atoms with van der Waals surface area (Å²) in [6, 6.07) is 3.65. The van der Waals surface area contributed by atoms with Crippen LogP contribution in [0.1, 0.15) is 10.4 Å². The number of halogens is 1. The third kappa shape index (κ3) is 4.82. The van der Waals surface area contributed by atoms with Crippen LogP contribution in [0.2, 0.25) is 5.02 Å². The fourth-order valence-corrected chi connectivity index (χ4v) is 1.50. The van der Waals surface area contributed by atoms with E-state index >= 15 is 0 Å². The summed E-state index contributed by atoms with van der Waals surface area (Å²) in [6.07, 6.45) is 0. The van der Waals surface area contributed by atoms with Gasteiger partial charge >= 0.3 is 0 Å². The molecule has 1 rings (SSSR count). The molecule has 0 heterocycles. The van der Waals surface area contributed by atoms with E-state index in [1.807, 2.05) is 0 Å². The Hall–Kier alpha value is -1.70. The molecule has 0 aliphatic rings. The van der Waals surface area contributed by atoms with E-state index in [9.17, 15) is 14.9 Å². The van der Waals surface area contributed by atoms with Crippen molar-refractivity contribution in [2.75, 3.05) is 26.4 Å².